The van der Waals surface area contributed by atoms with Crippen molar-refractivity contribution in [2.45, 2.75) is 19.8 Å². The number of amides is 1. The number of benzene rings is 2. The molecular formula is C17H17BrClNO2. The molecule has 116 valence electrons. The van der Waals surface area contributed by atoms with Crippen molar-refractivity contribution in [3.8, 4) is 5.75 Å². The Morgan fingerprint density at radius 2 is 2.05 bits per heavy atom. The molecular weight excluding hydrogens is 366 g/mol. The first kappa shape index (κ1) is 16.8. The Labute approximate surface area is 143 Å². The summed E-state index contributed by atoms with van der Waals surface area (Å²) in [5.74, 6) is 0.719. The number of carbonyl (C=O) groups is 1. The molecule has 1 N–H and O–H groups in total. The predicted molar refractivity (Wildman–Crippen MR) is 93.7 cm³/mol. The zero-order valence-corrected chi connectivity index (χ0v) is 14.6. The summed E-state index contributed by atoms with van der Waals surface area (Å²) >= 11 is 9.46. The van der Waals surface area contributed by atoms with E-state index in [1.165, 1.54) is 5.56 Å². The lowest BCUT2D eigenvalue weighted by Crippen LogP contribution is -2.13. The van der Waals surface area contributed by atoms with Gasteiger partial charge in [-0.1, -0.05) is 29.8 Å². The van der Waals surface area contributed by atoms with Crippen molar-refractivity contribution in [2.75, 3.05) is 11.9 Å². The lowest BCUT2D eigenvalue weighted by Gasteiger charge is -2.09. The molecule has 0 spiro atoms. The molecule has 0 saturated carbocycles. The summed E-state index contributed by atoms with van der Waals surface area (Å²) in [5.41, 5.74) is 1.80. The van der Waals surface area contributed by atoms with E-state index < -0.39 is 0 Å². The minimum atomic E-state index is -0.0697. The van der Waals surface area contributed by atoms with Gasteiger partial charge in [0.05, 0.1) is 21.8 Å². The molecule has 0 saturated heterocycles. The highest BCUT2D eigenvalue weighted by Crippen LogP contribution is 2.26. The summed E-state index contributed by atoms with van der Waals surface area (Å²) in [7, 11) is 0. The van der Waals surface area contributed by atoms with Crippen LogP contribution < -0.4 is 10.1 Å². The van der Waals surface area contributed by atoms with Gasteiger partial charge in [-0.15, -0.1) is 0 Å². The molecule has 0 fully saturated rings. The molecule has 0 aromatic heterocycles. The Morgan fingerprint density at radius 1 is 1.27 bits per heavy atom. The van der Waals surface area contributed by atoms with E-state index in [4.69, 9.17) is 16.3 Å². The first-order valence-electron chi connectivity index (χ1n) is 6.99. The van der Waals surface area contributed by atoms with Crippen LogP contribution in [0.25, 0.3) is 0 Å². The van der Waals surface area contributed by atoms with Crippen LogP contribution in [-0.4, -0.2) is 12.5 Å². The molecule has 1 amide bonds. The molecule has 0 aliphatic heterocycles. The van der Waals surface area contributed by atoms with Crippen LogP contribution in [0.5, 0.6) is 5.75 Å². The molecule has 0 radical (unpaired) electrons. The predicted octanol–water partition coefficient (Wildman–Crippen LogP) is 5.21. The lowest BCUT2D eigenvalue weighted by atomic mass is 10.2. The molecule has 0 aliphatic carbocycles. The average molecular weight is 383 g/mol. The first-order chi connectivity index (χ1) is 10.6. The molecule has 3 nitrogen and oxygen atoms in total. The number of nitrogens with one attached hydrogen (secondary N) is 1. The molecule has 0 aliphatic rings. The number of rotatable bonds is 6. The Bertz CT molecular complexity index is 661. The third-order valence-electron chi connectivity index (χ3n) is 3.04. The van der Waals surface area contributed by atoms with Crippen LogP contribution in [-0.2, 0) is 4.79 Å². The van der Waals surface area contributed by atoms with Gasteiger partial charge in [0.1, 0.15) is 5.75 Å². The Morgan fingerprint density at radius 3 is 2.77 bits per heavy atom. The Kier molecular flexibility index (Phi) is 6.28. The maximum Gasteiger partial charge on any atom is 0.224 e. The van der Waals surface area contributed by atoms with Gasteiger partial charge >= 0.3 is 0 Å². The highest BCUT2D eigenvalue weighted by molar-refractivity contribution is 9.10. The van der Waals surface area contributed by atoms with E-state index in [0.717, 1.165) is 10.2 Å². The van der Waals surface area contributed by atoms with E-state index in [1.54, 1.807) is 12.1 Å². The summed E-state index contributed by atoms with van der Waals surface area (Å²) in [4.78, 5) is 11.9. The van der Waals surface area contributed by atoms with E-state index in [9.17, 15) is 4.79 Å². The van der Waals surface area contributed by atoms with Crippen LogP contribution in [0.15, 0.2) is 46.9 Å². The van der Waals surface area contributed by atoms with Crippen LogP contribution in [0.4, 0.5) is 5.69 Å². The molecule has 22 heavy (non-hydrogen) atoms. The van der Waals surface area contributed by atoms with E-state index in [2.05, 4.69) is 21.2 Å². The fourth-order valence-corrected chi connectivity index (χ4v) is 2.70. The van der Waals surface area contributed by atoms with E-state index >= 15 is 0 Å². The first-order valence-corrected chi connectivity index (χ1v) is 8.16. The molecule has 5 heteroatoms. The second-order valence-corrected chi connectivity index (χ2v) is 6.18. The zero-order valence-electron chi connectivity index (χ0n) is 12.2. The van der Waals surface area contributed by atoms with Crippen molar-refractivity contribution in [1.82, 2.24) is 0 Å². The highest BCUT2D eigenvalue weighted by Gasteiger charge is 2.06. The molecule has 0 unspecified atom stereocenters. The van der Waals surface area contributed by atoms with Gasteiger partial charge in [-0.3, -0.25) is 4.79 Å². The maximum absolute atomic E-state index is 11.9. The summed E-state index contributed by atoms with van der Waals surface area (Å²) in [6.07, 6.45) is 1.02. The normalized spacial score (nSPS) is 10.3. The minimum Gasteiger partial charge on any atom is -0.492 e. The van der Waals surface area contributed by atoms with Gasteiger partial charge < -0.3 is 10.1 Å². The van der Waals surface area contributed by atoms with Crippen LogP contribution in [0, 0.1) is 6.92 Å². The monoisotopic (exact) mass is 381 g/mol. The number of aryl methyl sites for hydroxylation is 1. The van der Waals surface area contributed by atoms with E-state index in [1.807, 2.05) is 37.3 Å². The number of halogens is 2. The summed E-state index contributed by atoms with van der Waals surface area (Å²) in [6.45, 7) is 2.51. The lowest BCUT2D eigenvalue weighted by molar-refractivity contribution is -0.116. The number of anilines is 1. The molecule has 2 rings (SSSR count). The highest BCUT2D eigenvalue weighted by atomic mass is 79.9. The van der Waals surface area contributed by atoms with E-state index in [-0.39, 0.29) is 5.91 Å². The maximum atomic E-state index is 11.9. The topological polar surface area (TPSA) is 38.3 Å². The summed E-state index contributed by atoms with van der Waals surface area (Å²) < 4.78 is 6.59. The fraction of sp³-hybridized carbons (Fsp3) is 0.235. The number of para-hydroxylation sites is 1. The number of hydrogen-bond acceptors (Lipinski definition) is 2. The van der Waals surface area contributed by atoms with Crippen LogP contribution in [0.1, 0.15) is 18.4 Å². The fourth-order valence-electron chi connectivity index (χ4n) is 1.91. The van der Waals surface area contributed by atoms with Crippen molar-refractivity contribution < 1.29 is 9.53 Å². The largest absolute Gasteiger partial charge is 0.492 e. The van der Waals surface area contributed by atoms with Gasteiger partial charge in [-0.2, -0.15) is 0 Å². The SMILES string of the molecule is Cc1ccc(OCCCC(=O)Nc2ccccc2Cl)c(Br)c1. The van der Waals surface area contributed by atoms with Gasteiger partial charge in [-0.25, -0.2) is 0 Å². The average Bonchev–Trinajstić information content (AvgIpc) is 2.48. The summed E-state index contributed by atoms with van der Waals surface area (Å²) in [6, 6.07) is 13.1. The zero-order chi connectivity index (χ0) is 15.9. The molecule has 0 atom stereocenters. The van der Waals surface area contributed by atoms with Gasteiger partial charge in [0, 0.05) is 6.42 Å². The second kappa shape index (κ2) is 8.20. The van der Waals surface area contributed by atoms with Crippen LogP contribution in [0.3, 0.4) is 0 Å². The van der Waals surface area contributed by atoms with Gasteiger partial charge in [0.15, 0.2) is 0 Å². The van der Waals surface area contributed by atoms with Crippen molar-refractivity contribution >= 4 is 39.1 Å². The standard InChI is InChI=1S/C17H17BrClNO2/c1-12-8-9-16(13(18)11-12)22-10-4-7-17(21)20-15-6-3-2-5-14(15)19/h2-3,5-6,8-9,11H,4,7,10H2,1H3,(H,20,21). The summed E-state index contributed by atoms with van der Waals surface area (Å²) in [5, 5.41) is 3.33. The van der Waals surface area contributed by atoms with Crippen molar-refractivity contribution in [2.24, 2.45) is 0 Å². The Hall–Kier alpha value is -1.52. The van der Waals surface area contributed by atoms with E-state index in [0.29, 0.717) is 30.2 Å². The van der Waals surface area contributed by atoms with Gasteiger partial charge in [0.25, 0.3) is 0 Å². The minimum absolute atomic E-state index is 0.0697. The van der Waals surface area contributed by atoms with Gasteiger partial charge in [0.2, 0.25) is 5.91 Å². The second-order valence-electron chi connectivity index (χ2n) is 4.91. The number of carbonyl (C=O) groups excluding carboxylic acids is 1. The van der Waals surface area contributed by atoms with Crippen molar-refractivity contribution in [1.29, 1.82) is 0 Å². The van der Waals surface area contributed by atoms with Crippen molar-refractivity contribution in [3.63, 3.8) is 0 Å². The number of ether oxygens (including phenoxy) is 1. The van der Waals surface area contributed by atoms with Crippen molar-refractivity contribution in [3.05, 3.63) is 57.5 Å². The quantitative estimate of drug-likeness (QED) is 0.697. The Balaban J connectivity index is 1.74. The van der Waals surface area contributed by atoms with Gasteiger partial charge in [-0.05, 0) is 59.1 Å². The molecule has 0 bridgehead atoms. The smallest absolute Gasteiger partial charge is 0.224 e. The van der Waals surface area contributed by atoms with Crippen LogP contribution >= 0.6 is 27.5 Å². The number of hydrogen-bond donors (Lipinski definition) is 1. The molecule has 2 aromatic rings. The molecule has 0 heterocycles. The van der Waals surface area contributed by atoms with Crippen LogP contribution in [0.2, 0.25) is 5.02 Å². The third-order valence-corrected chi connectivity index (χ3v) is 3.99. The third kappa shape index (κ3) is 5.04. The molecule has 2 aromatic carbocycles.